The Morgan fingerprint density at radius 1 is 1.40 bits per heavy atom. The molecule has 2 fully saturated rings. The van der Waals surface area contributed by atoms with Crippen LogP contribution in [0, 0.1) is 0 Å². The van der Waals surface area contributed by atoms with Crippen LogP contribution in [0.3, 0.4) is 0 Å². The molecule has 3 atom stereocenters. The van der Waals surface area contributed by atoms with Crippen molar-refractivity contribution in [1.82, 2.24) is 10.2 Å². The van der Waals surface area contributed by atoms with E-state index < -0.39 is 0 Å². The fourth-order valence-electron chi connectivity index (χ4n) is 3.15. The van der Waals surface area contributed by atoms with E-state index in [9.17, 15) is 4.79 Å². The highest BCUT2D eigenvalue weighted by Gasteiger charge is 2.28. The van der Waals surface area contributed by atoms with Crippen LogP contribution in [0.5, 0.6) is 0 Å². The van der Waals surface area contributed by atoms with Crippen molar-refractivity contribution in [2.45, 2.75) is 56.4 Å². The Kier molecular flexibility index (Phi) is 6.65. The Morgan fingerprint density at radius 3 is 2.95 bits per heavy atom. The van der Waals surface area contributed by atoms with Crippen LogP contribution >= 0.6 is 11.8 Å². The molecule has 1 saturated heterocycles. The summed E-state index contributed by atoms with van der Waals surface area (Å²) in [6.07, 6.45) is 6.20. The van der Waals surface area contributed by atoms with Crippen LogP contribution in [-0.4, -0.2) is 60.7 Å². The van der Waals surface area contributed by atoms with E-state index in [1.807, 2.05) is 0 Å². The largest absolute Gasteiger partial charge is 0.376 e. The number of nitrogens with zero attached hydrogens (tertiary/aromatic N) is 1. The number of carbonyl (C=O) groups is 1. The Bertz CT molecular complexity index is 308. The Hall–Kier alpha value is -0.260. The van der Waals surface area contributed by atoms with Gasteiger partial charge in [0.25, 0.3) is 0 Å². The van der Waals surface area contributed by atoms with Crippen molar-refractivity contribution in [3.63, 3.8) is 0 Å². The number of thioether (sulfide) groups is 1. The highest BCUT2D eigenvalue weighted by atomic mass is 32.2. The van der Waals surface area contributed by atoms with Gasteiger partial charge < -0.3 is 10.1 Å². The summed E-state index contributed by atoms with van der Waals surface area (Å²) in [6, 6.07) is 0.576. The van der Waals surface area contributed by atoms with Crippen LogP contribution in [0.25, 0.3) is 0 Å². The monoisotopic (exact) mass is 300 g/mol. The smallest absolute Gasteiger partial charge is 0.234 e. The third-order valence-electron chi connectivity index (χ3n) is 4.33. The van der Waals surface area contributed by atoms with Crippen LogP contribution in [0.4, 0.5) is 0 Å². The number of likely N-dealkylation sites (N-methyl/N-ethyl adjacent to an activating group) is 1. The number of amides is 1. The normalized spacial score (nSPS) is 30.1. The van der Waals surface area contributed by atoms with Crippen molar-refractivity contribution in [2.24, 2.45) is 0 Å². The third-order valence-corrected chi connectivity index (χ3v) is 5.56. The van der Waals surface area contributed by atoms with Crippen LogP contribution in [-0.2, 0) is 9.53 Å². The molecule has 1 aliphatic carbocycles. The number of hydrogen-bond donors (Lipinski definition) is 1. The summed E-state index contributed by atoms with van der Waals surface area (Å²) in [4.78, 5) is 14.2. The first-order valence-electron chi connectivity index (χ1n) is 7.89. The standard InChI is InChI=1S/C15H28N2O2S/c1-3-20-14-7-6-12(9-14)17(2)11-15(18)16-10-13-5-4-8-19-13/h12-14H,3-11H2,1-2H3,(H,16,18)/t12-,13-,14+/m0/s1. The van der Waals surface area contributed by atoms with E-state index in [-0.39, 0.29) is 12.0 Å². The molecule has 5 heteroatoms. The van der Waals surface area contributed by atoms with Gasteiger partial charge >= 0.3 is 0 Å². The van der Waals surface area contributed by atoms with E-state index in [0.717, 1.165) is 24.7 Å². The molecule has 1 heterocycles. The first-order valence-corrected chi connectivity index (χ1v) is 8.94. The van der Waals surface area contributed by atoms with E-state index in [1.165, 1.54) is 25.0 Å². The van der Waals surface area contributed by atoms with E-state index in [4.69, 9.17) is 4.74 Å². The number of hydrogen-bond acceptors (Lipinski definition) is 4. The molecular formula is C15H28N2O2S. The van der Waals surface area contributed by atoms with Gasteiger partial charge in [-0.15, -0.1) is 0 Å². The minimum atomic E-state index is 0.134. The zero-order valence-corrected chi connectivity index (χ0v) is 13.6. The lowest BCUT2D eigenvalue weighted by atomic mass is 10.2. The number of ether oxygens (including phenoxy) is 1. The molecule has 0 unspecified atom stereocenters. The lowest BCUT2D eigenvalue weighted by Gasteiger charge is -2.24. The Balaban J connectivity index is 1.63. The average molecular weight is 300 g/mol. The number of nitrogens with one attached hydrogen (secondary N) is 1. The van der Waals surface area contributed by atoms with E-state index in [1.54, 1.807) is 0 Å². The summed E-state index contributed by atoms with van der Waals surface area (Å²) < 4.78 is 5.52. The molecule has 4 nitrogen and oxygen atoms in total. The van der Waals surface area contributed by atoms with Crippen LogP contribution in [0.15, 0.2) is 0 Å². The van der Waals surface area contributed by atoms with Gasteiger partial charge in [0.05, 0.1) is 12.6 Å². The van der Waals surface area contributed by atoms with Crippen molar-refractivity contribution in [1.29, 1.82) is 0 Å². The SMILES string of the molecule is CCS[C@@H]1CC[C@H](N(C)CC(=O)NC[C@@H]2CCCO2)C1. The topological polar surface area (TPSA) is 41.6 Å². The lowest BCUT2D eigenvalue weighted by molar-refractivity contribution is -0.122. The fraction of sp³-hybridized carbons (Fsp3) is 0.933. The summed E-state index contributed by atoms with van der Waals surface area (Å²) in [5.74, 6) is 1.33. The molecule has 2 rings (SSSR count). The predicted octanol–water partition coefficient (Wildman–Crippen LogP) is 1.89. The first kappa shape index (κ1) is 16.1. The maximum atomic E-state index is 12.0. The van der Waals surface area contributed by atoms with Gasteiger partial charge in [-0.3, -0.25) is 9.69 Å². The van der Waals surface area contributed by atoms with Gasteiger partial charge in [0.2, 0.25) is 5.91 Å². The van der Waals surface area contributed by atoms with Gasteiger partial charge in [0.1, 0.15) is 0 Å². The van der Waals surface area contributed by atoms with Crippen LogP contribution in [0.1, 0.15) is 39.0 Å². The molecule has 0 aromatic heterocycles. The van der Waals surface area contributed by atoms with Gasteiger partial charge in [-0.25, -0.2) is 0 Å². The third kappa shape index (κ3) is 4.93. The maximum Gasteiger partial charge on any atom is 0.234 e. The highest BCUT2D eigenvalue weighted by Crippen LogP contribution is 2.31. The maximum absolute atomic E-state index is 12.0. The fourth-order valence-corrected chi connectivity index (χ4v) is 4.28. The lowest BCUT2D eigenvalue weighted by Crippen LogP contribution is -2.41. The number of carbonyl (C=O) groups excluding carboxylic acids is 1. The molecule has 0 aromatic rings. The summed E-state index contributed by atoms with van der Waals surface area (Å²) >= 11 is 2.06. The molecule has 0 aromatic carbocycles. The van der Waals surface area contributed by atoms with Gasteiger partial charge in [0.15, 0.2) is 0 Å². The second-order valence-corrected chi connectivity index (χ2v) is 7.48. The Labute approximate surface area is 127 Å². The molecule has 20 heavy (non-hydrogen) atoms. The van der Waals surface area contributed by atoms with E-state index in [0.29, 0.717) is 19.1 Å². The molecule has 2 aliphatic rings. The zero-order chi connectivity index (χ0) is 14.4. The summed E-state index contributed by atoms with van der Waals surface area (Å²) in [6.45, 7) is 4.26. The molecule has 1 amide bonds. The van der Waals surface area contributed by atoms with Gasteiger partial charge in [-0.05, 0) is 44.9 Å². The summed E-state index contributed by atoms with van der Waals surface area (Å²) in [7, 11) is 2.08. The minimum absolute atomic E-state index is 0.134. The highest BCUT2D eigenvalue weighted by molar-refractivity contribution is 7.99. The second-order valence-electron chi connectivity index (χ2n) is 5.90. The summed E-state index contributed by atoms with van der Waals surface area (Å²) in [5, 5.41) is 3.80. The van der Waals surface area contributed by atoms with E-state index in [2.05, 4.69) is 35.9 Å². The zero-order valence-electron chi connectivity index (χ0n) is 12.8. The van der Waals surface area contributed by atoms with Crippen molar-refractivity contribution in [3.8, 4) is 0 Å². The van der Waals surface area contributed by atoms with Gasteiger partial charge in [0, 0.05) is 24.4 Å². The molecule has 116 valence electrons. The van der Waals surface area contributed by atoms with E-state index >= 15 is 0 Å². The molecule has 1 aliphatic heterocycles. The average Bonchev–Trinajstić information content (AvgIpc) is 3.08. The summed E-state index contributed by atoms with van der Waals surface area (Å²) in [5.41, 5.74) is 0. The van der Waals surface area contributed by atoms with Crippen molar-refractivity contribution in [3.05, 3.63) is 0 Å². The molecular weight excluding hydrogens is 272 g/mol. The Morgan fingerprint density at radius 2 is 2.25 bits per heavy atom. The van der Waals surface area contributed by atoms with Gasteiger partial charge in [-0.1, -0.05) is 6.92 Å². The molecule has 0 spiro atoms. The van der Waals surface area contributed by atoms with Crippen molar-refractivity contribution in [2.75, 3.05) is 32.5 Å². The number of rotatable bonds is 7. The molecule has 1 saturated carbocycles. The van der Waals surface area contributed by atoms with Crippen LogP contribution < -0.4 is 5.32 Å². The predicted molar refractivity (Wildman–Crippen MR) is 84.2 cm³/mol. The van der Waals surface area contributed by atoms with Crippen LogP contribution in [0.2, 0.25) is 0 Å². The molecule has 0 radical (unpaired) electrons. The van der Waals surface area contributed by atoms with Gasteiger partial charge in [-0.2, -0.15) is 11.8 Å². The molecule has 0 bridgehead atoms. The van der Waals surface area contributed by atoms with Crippen molar-refractivity contribution >= 4 is 17.7 Å². The minimum Gasteiger partial charge on any atom is -0.376 e. The van der Waals surface area contributed by atoms with Crippen molar-refractivity contribution < 1.29 is 9.53 Å². The quantitative estimate of drug-likeness (QED) is 0.779. The molecule has 1 N–H and O–H groups in total. The first-order chi connectivity index (χ1) is 9.69. The second kappa shape index (κ2) is 8.25.